The first-order chi connectivity index (χ1) is 16.2. The van der Waals surface area contributed by atoms with E-state index in [0.717, 1.165) is 41.5 Å². The van der Waals surface area contributed by atoms with Crippen molar-refractivity contribution in [3.8, 4) is 11.1 Å². The van der Waals surface area contributed by atoms with Gasteiger partial charge in [0.25, 0.3) is 5.91 Å². The van der Waals surface area contributed by atoms with Gasteiger partial charge in [0.1, 0.15) is 0 Å². The molecule has 0 saturated heterocycles. The molecule has 0 heterocycles. The molecule has 0 aliphatic rings. The van der Waals surface area contributed by atoms with Crippen molar-refractivity contribution in [3.63, 3.8) is 0 Å². The van der Waals surface area contributed by atoms with Gasteiger partial charge in [0.05, 0.1) is 12.9 Å². The molecule has 0 radical (unpaired) electrons. The van der Waals surface area contributed by atoms with Crippen LogP contribution in [-0.4, -0.2) is 55.4 Å². The number of ether oxygens (including phenoxy) is 1. The quantitative estimate of drug-likeness (QED) is 0.226. The van der Waals surface area contributed by atoms with Crippen molar-refractivity contribution in [3.05, 3.63) is 59.2 Å². The number of unbranched alkanes of at least 4 members (excludes halogenated alkanes) is 1. The van der Waals surface area contributed by atoms with E-state index in [1.54, 1.807) is 9.80 Å². The summed E-state index contributed by atoms with van der Waals surface area (Å²) in [6.45, 7) is 10.1. The third kappa shape index (κ3) is 8.65. The second kappa shape index (κ2) is 13.5. The summed E-state index contributed by atoms with van der Waals surface area (Å²) in [6.07, 6.45) is 4.08. The topological polar surface area (TPSA) is 62.2 Å². The smallest absolute Gasteiger partial charge is 0.410 e. The zero-order chi connectivity index (χ0) is 25.1. The van der Waals surface area contributed by atoms with Crippen molar-refractivity contribution in [1.29, 1.82) is 0 Å². The van der Waals surface area contributed by atoms with E-state index in [1.807, 2.05) is 39.2 Å². The minimum absolute atomic E-state index is 0.244. The number of aliphatic imine (C=N–C) groups is 1. The van der Waals surface area contributed by atoms with E-state index in [-0.39, 0.29) is 12.0 Å². The molecule has 0 aliphatic heterocycles. The Bertz CT molecular complexity index is 965. The molecule has 0 fully saturated rings. The number of amides is 2. The Hall–Kier alpha value is -3.15. The summed E-state index contributed by atoms with van der Waals surface area (Å²) in [5.41, 5.74) is 4.77. The molecule has 0 aliphatic carbocycles. The summed E-state index contributed by atoms with van der Waals surface area (Å²) in [6, 6.07) is 13.9. The first kappa shape index (κ1) is 27.1. The van der Waals surface area contributed by atoms with Crippen molar-refractivity contribution >= 4 is 18.3 Å². The van der Waals surface area contributed by atoms with Crippen LogP contribution in [-0.2, 0) is 11.3 Å². The lowest BCUT2D eigenvalue weighted by Crippen LogP contribution is -2.33. The highest BCUT2D eigenvalue weighted by Crippen LogP contribution is 2.25. The second-order valence-electron chi connectivity index (χ2n) is 9.31. The third-order valence-electron chi connectivity index (χ3n) is 5.48. The van der Waals surface area contributed by atoms with Crippen LogP contribution in [0.15, 0.2) is 47.5 Å². The van der Waals surface area contributed by atoms with Gasteiger partial charge >= 0.3 is 6.09 Å². The van der Waals surface area contributed by atoms with Gasteiger partial charge in [-0.15, -0.1) is 0 Å². The molecule has 0 bridgehead atoms. The molecule has 6 nitrogen and oxygen atoms in total. The lowest BCUT2D eigenvalue weighted by Gasteiger charge is -2.23. The van der Waals surface area contributed by atoms with Gasteiger partial charge in [0, 0.05) is 32.7 Å². The number of rotatable bonds is 11. The second-order valence-corrected chi connectivity index (χ2v) is 9.31. The molecule has 34 heavy (non-hydrogen) atoms. The number of carbonyl (C=O) groups excluding carboxylic acids is 2. The fourth-order valence-corrected chi connectivity index (χ4v) is 3.42. The molecule has 0 atom stereocenters. The normalized spacial score (nSPS) is 11.1. The average Bonchev–Trinajstić information content (AvgIpc) is 2.80. The lowest BCUT2D eigenvalue weighted by molar-refractivity contribution is 0.0965. The van der Waals surface area contributed by atoms with E-state index in [2.05, 4.69) is 50.0 Å². The highest BCUT2D eigenvalue weighted by Gasteiger charge is 2.16. The van der Waals surface area contributed by atoms with Crippen LogP contribution >= 0.6 is 0 Å². The van der Waals surface area contributed by atoms with E-state index in [4.69, 9.17) is 4.74 Å². The van der Waals surface area contributed by atoms with Crippen molar-refractivity contribution in [1.82, 2.24) is 9.80 Å². The molecule has 2 aromatic rings. The van der Waals surface area contributed by atoms with Crippen LogP contribution in [0.4, 0.5) is 4.79 Å². The van der Waals surface area contributed by atoms with Crippen molar-refractivity contribution < 1.29 is 14.3 Å². The first-order valence-corrected chi connectivity index (χ1v) is 12.1. The van der Waals surface area contributed by atoms with Crippen LogP contribution < -0.4 is 0 Å². The minimum atomic E-state index is -0.258. The monoisotopic (exact) mass is 465 g/mol. The number of hydrogen-bond donors (Lipinski definition) is 0. The Morgan fingerprint density at radius 1 is 1.09 bits per heavy atom. The van der Waals surface area contributed by atoms with E-state index in [1.165, 1.54) is 6.34 Å². The Balaban J connectivity index is 2.12. The van der Waals surface area contributed by atoms with Crippen LogP contribution in [0.1, 0.15) is 61.5 Å². The largest absolute Gasteiger partial charge is 0.449 e. The number of nitrogens with zero attached hydrogens (tertiary/aromatic N) is 3. The third-order valence-corrected chi connectivity index (χ3v) is 5.48. The predicted octanol–water partition coefficient (Wildman–Crippen LogP) is 6.18. The first-order valence-electron chi connectivity index (χ1n) is 12.1. The van der Waals surface area contributed by atoms with Crippen molar-refractivity contribution in [2.24, 2.45) is 10.9 Å². The number of hydrogen-bond acceptors (Lipinski definition) is 3. The van der Waals surface area contributed by atoms with E-state index < -0.39 is 0 Å². The van der Waals surface area contributed by atoms with Crippen molar-refractivity contribution in [2.45, 2.75) is 53.5 Å². The van der Waals surface area contributed by atoms with Crippen LogP contribution in [0.2, 0.25) is 0 Å². The standard InChI is InChI=1S/C28H39N3O3/c1-7-8-17-34-28(33)31(16-15-21(2)3)19-23-9-11-24(12-10-23)26-14-13-25(18-22(26)4)27(32)29-20-30(5)6/h9-14,18,20-21H,7-8,15-17,19H2,1-6H3. The number of benzene rings is 2. The zero-order valence-corrected chi connectivity index (χ0v) is 21.5. The fraction of sp³-hybridized carbons (Fsp3) is 0.464. The Morgan fingerprint density at radius 2 is 1.79 bits per heavy atom. The molecule has 2 amide bonds. The lowest BCUT2D eigenvalue weighted by atomic mass is 9.97. The summed E-state index contributed by atoms with van der Waals surface area (Å²) in [7, 11) is 3.65. The van der Waals surface area contributed by atoms with Gasteiger partial charge < -0.3 is 14.5 Å². The van der Waals surface area contributed by atoms with Gasteiger partial charge in [-0.1, -0.05) is 57.5 Å². The summed E-state index contributed by atoms with van der Waals surface area (Å²) < 4.78 is 5.47. The summed E-state index contributed by atoms with van der Waals surface area (Å²) in [4.78, 5) is 32.4. The molecule has 0 unspecified atom stereocenters. The van der Waals surface area contributed by atoms with Gasteiger partial charge in [0.2, 0.25) is 0 Å². The van der Waals surface area contributed by atoms with Gasteiger partial charge in [-0.2, -0.15) is 4.99 Å². The molecular weight excluding hydrogens is 426 g/mol. The molecule has 2 aromatic carbocycles. The SMILES string of the molecule is CCCCOC(=O)N(CCC(C)C)Cc1ccc(-c2ccc(C(=O)N=CN(C)C)cc2C)cc1. The zero-order valence-electron chi connectivity index (χ0n) is 21.5. The number of aryl methyl sites for hydroxylation is 1. The van der Waals surface area contributed by atoms with Gasteiger partial charge in [-0.25, -0.2) is 4.79 Å². The average molecular weight is 466 g/mol. The van der Waals surface area contributed by atoms with Gasteiger partial charge in [-0.3, -0.25) is 4.79 Å². The molecule has 6 heteroatoms. The molecule has 0 spiro atoms. The van der Waals surface area contributed by atoms with E-state index >= 15 is 0 Å². The summed E-state index contributed by atoms with van der Waals surface area (Å²) in [5, 5.41) is 0. The molecule has 0 saturated carbocycles. The van der Waals surface area contributed by atoms with Gasteiger partial charge in [0.15, 0.2) is 0 Å². The Labute approximate surface area is 204 Å². The maximum absolute atomic E-state index is 12.6. The molecule has 0 N–H and O–H groups in total. The maximum atomic E-state index is 12.6. The summed E-state index contributed by atoms with van der Waals surface area (Å²) in [5.74, 6) is 0.255. The van der Waals surface area contributed by atoms with Gasteiger partial charge in [-0.05, 0) is 60.1 Å². The molecule has 184 valence electrons. The molecular formula is C28H39N3O3. The van der Waals surface area contributed by atoms with Crippen molar-refractivity contribution in [2.75, 3.05) is 27.2 Å². The highest BCUT2D eigenvalue weighted by molar-refractivity contribution is 5.99. The maximum Gasteiger partial charge on any atom is 0.410 e. The molecule has 0 aromatic heterocycles. The minimum Gasteiger partial charge on any atom is -0.449 e. The highest BCUT2D eigenvalue weighted by atomic mass is 16.6. The van der Waals surface area contributed by atoms with Crippen LogP contribution in [0.25, 0.3) is 11.1 Å². The van der Waals surface area contributed by atoms with Crippen LogP contribution in [0.5, 0.6) is 0 Å². The Kier molecular flexibility index (Phi) is 10.8. The van der Waals surface area contributed by atoms with Crippen LogP contribution in [0, 0.1) is 12.8 Å². The summed E-state index contributed by atoms with van der Waals surface area (Å²) >= 11 is 0. The fourth-order valence-electron chi connectivity index (χ4n) is 3.42. The van der Waals surface area contributed by atoms with Crippen LogP contribution in [0.3, 0.4) is 0 Å². The number of carbonyl (C=O) groups is 2. The Morgan fingerprint density at radius 3 is 2.38 bits per heavy atom. The van der Waals surface area contributed by atoms with E-state index in [0.29, 0.717) is 31.2 Å². The molecule has 2 rings (SSSR count). The van der Waals surface area contributed by atoms with E-state index in [9.17, 15) is 9.59 Å². The predicted molar refractivity (Wildman–Crippen MR) is 139 cm³/mol.